The highest BCUT2D eigenvalue weighted by molar-refractivity contribution is 7.99. The van der Waals surface area contributed by atoms with Gasteiger partial charge >= 0.3 is 0 Å². The molecule has 0 aliphatic carbocycles. The first-order valence-electron chi connectivity index (χ1n) is 8.71. The molecule has 0 saturated carbocycles. The second kappa shape index (κ2) is 11.6. The lowest BCUT2D eigenvalue weighted by Crippen LogP contribution is -2.39. The molecule has 5 nitrogen and oxygen atoms in total. The van der Waals surface area contributed by atoms with E-state index in [-0.39, 0.29) is 24.9 Å². The van der Waals surface area contributed by atoms with Gasteiger partial charge in [-0.15, -0.1) is 11.8 Å². The van der Waals surface area contributed by atoms with Crippen LogP contribution in [-0.2, 0) is 9.59 Å². The number of benzene rings is 2. The Hall–Kier alpha value is -2.02. The van der Waals surface area contributed by atoms with Crippen LogP contribution in [0.2, 0.25) is 5.02 Å². The van der Waals surface area contributed by atoms with Gasteiger partial charge in [0.2, 0.25) is 11.8 Å². The van der Waals surface area contributed by atoms with Gasteiger partial charge in [-0.05, 0) is 55.6 Å². The first kappa shape index (κ1) is 21.3. The standard InChI is InChI=1S/C20H24ClN3O2S/c1-24(15-20(26)23-17-10-8-16(21)9-11-17)14-19(25)22-12-5-13-27-18-6-3-2-4-7-18/h2-4,6-11H,5,12-15H2,1H3,(H,22,25)(H,23,26). The quantitative estimate of drug-likeness (QED) is 0.469. The van der Waals surface area contributed by atoms with Crippen molar-refractivity contribution in [3.05, 3.63) is 59.6 Å². The van der Waals surface area contributed by atoms with Crippen LogP contribution in [-0.4, -0.2) is 49.1 Å². The third-order valence-electron chi connectivity index (χ3n) is 3.61. The molecule has 0 heterocycles. The number of hydrogen-bond donors (Lipinski definition) is 2. The third kappa shape index (κ3) is 8.95. The molecule has 0 aliphatic rings. The van der Waals surface area contributed by atoms with E-state index in [2.05, 4.69) is 22.8 Å². The summed E-state index contributed by atoms with van der Waals surface area (Å²) in [5.41, 5.74) is 0.679. The molecule has 0 radical (unpaired) electrons. The summed E-state index contributed by atoms with van der Waals surface area (Å²) in [4.78, 5) is 26.9. The molecule has 0 unspecified atom stereocenters. The highest BCUT2D eigenvalue weighted by atomic mass is 35.5. The summed E-state index contributed by atoms with van der Waals surface area (Å²) in [6.45, 7) is 0.948. The molecule has 2 N–H and O–H groups in total. The van der Waals surface area contributed by atoms with Gasteiger partial charge in [0, 0.05) is 22.2 Å². The van der Waals surface area contributed by atoms with Gasteiger partial charge in [0.15, 0.2) is 0 Å². The van der Waals surface area contributed by atoms with Crippen molar-refractivity contribution in [1.82, 2.24) is 10.2 Å². The molecule has 0 spiro atoms. The summed E-state index contributed by atoms with van der Waals surface area (Å²) in [6, 6.07) is 17.1. The molecular formula is C20H24ClN3O2S. The first-order valence-corrected chi connectivity index (χ1v) is 10.1. The SMILES string of the molecule is CN(CC(=O)NCCCSc1ccccc1)CC(=O)Nc1ccc(Cl)cc1. The smallest absolute Gasteiger partial charge is 0.238 e. The molecule has 0 saturated heterocycles. The van der Waals surface area contributed by atoms with E-state index in [0.717, 1.165) is 12.2 Å². The van der Waals surface area contributed by atoms with Crippen LogP contribution in [0.3, 0.4) is 0 Å². The van der Waals surface area contributed by atoms with Gasteiger partial charge in [-0.1, -0.05) is 29.8 Å². The molecule has 27 heavy (non-hydrogen) atoms. The van der Waals surface area contributed by atoms with E-state index in [1.807, 2.05) is 18.2 Å². The number of thioether (sulfide) groups is 1. The lowest BCUT2D eigenvalue weighted by molar-refractivity contribution is -0.122. The largest absolute Gasteiger partial charge is 0.355 e. The molecule has 7 heteroatoms. The summed E-state index contributed by atoms with van der Waals surface area (Å²) in [5, 5.41) is 6.28. The van der Waals surface area contributed by atoms with E-state index < -0.39 is 0 Å². The van der Waals surface area contributed by atoms with Crippen molar-refractivity contribution < 1.29 is 9.59 Å². The second-order valence-corrected chi connectivity index (χ2v) is 7.70. The molecule has 2 rings (SSSR count). The Bertz CT molecular complexity index is 726. The van der Waals surface area contributed by atoms with Gasteiger partial charge in [0.1, 0.15) is 0 Å². The molecule has 2 amide bonds. The number of hydrogen-bond acceptors (Lipinski definition) is 4. The summed E-state index contributed by atoms with van der Waals surface area (Å²) in [7, 11) is 1.74. The summed E-state index contributed by atoms with van der Waals surface area (Å²) >= 11 is 7.59. The van der Waals surface area contributed by atoms with Crippen LogP contribution in [0.15, 0.2) is 59.5 Å². The average Bonchev–Trinajstić information content (AvgIpc) is 2.64. The van der Waals surface area contributed by atoms with Crippen molar-refractivity contribution in [3.8, 4) is 0 Å². The molecule has 0 bridgehead atoms. The zero-order chi connectivity index (χ0) is 19.5. The number of amides is 2. The Morgan fingerprint density at radius 2 is 1.67 bits per heavy atom. The molecular weight excluding hydrogens is 382 g/mol. The summed E-state index contributed by atoms with van der Waals surface area (Å²) in [5.74, 6) is 0.692. The number of nitrogens with zero attached hydrogens (tertiary/aromatic N) is 1. The van der Waals surface area contributed by atoms with Crippen LogP contribution in [0.4, 0.5) is 5.69 Å². The highest BCUT2D eigenvalue weighted by Crippen LogP contribution is 2.17. The summed E-state index contributed by atoms with van der Waals surface area (Å²) in [6.07, 6.45) is 0.895. The Labute approximate surface area is 169 Å². The predicted molar refractivity (Wildman–Crippen MR) is 112 cm³/mol. The maximum absolute atomic E-state index is 12.0. The molecule has 2 aromatic carbocycles. The van der Waals surface area contributed by atoms with Crippen LogP contribution in [0.1, 0.15) is 6.42 Å². The minimum Gasteiger partial charge on any atom is -0.355 e. The van der Waals surface area contributed by atoms with Gasteiger partial charge in [0.05, 0.1) is 13.1 Å². The molecule has 0 aliphatic heterocycles. The van der Waals surface area contributed by atoms with E-state index in [1.54, 1.807) is 48.0 Å². The lowest BCUT2D eigenvalue weighted by Gasteiger charge is -2.16. The highest BCUT2D eigenvalue weighted by Gasteiger charge is 2.10. The monoisotopic (exact) mass is 405 g/mol. The zero-order valence-corrected chi connectivity index (χ0v) is 16.9. The Morgan fingerprint density at radius 3 is 2.37 bits per heavy atom. The van der Waals surface area contributed by atoms with Gasteiger partial charge in [-0.25, -0.2) is 0 Å². The number of rotatable bonds is 10. The number of anilines is 1. The van der Waals surface area contributed by atoms with Crippen molar-refractivity contribution in [2.45, 2.75) is 11.3 Å². The second-order valence-electron chi connectivity index (χ2n) is 6.09. The maximum atomic E-state index is 12.0. The Morgan fingerprint density at radius 1 is 1.00 bits per heavy atom. The molecule has 0 atom stereocenters. The Balaban J connectivity index is 1.57. The van der Waals surface area contributed by atoms with Crippen LogP contribution < -0.4 is 10.6 Å². The van der Waals surface area contributed by atoms with E-state index in [0.29, 0.717) is 17.3 Å². The zero-order valence-electron chi connectivity index (χ0n) is 15.3. The van der Waals surface area contributed by atoms with Crippen molar-refractivity contribution in [1.29, 1.82) is 0 Å². The normalized spacial score (nSPS) is 10.6. The van der Waals surface area contributed by atoms with E-state index >= 15 is 0 Å². The molecule has 0 aromatic heterocycles. The van der Waals surface area contributed by atoms with Crippen LogP contribution in [0.25, 0.3) is 0 Å². The number of nitrogens with one attached hydrogen (secondary N) is 2. The fourth-order valence-corrected chi connectivity index (χ4v) is 3.34. The molecule has 0 fully saturated rings. The third-order valence-corrected chi connectivity index (χ3v) is 4.96. The average molecular weight is 406 g/mol. The van der Waals surface area contributed by atoms with E-state index in [9.17, 15) is 9.59 Å². The minimum atomic E-state index is -0.174. The van der Waals surface area contributed by atoms with Crippen LogP contribution in [0.5, 0.6) is 0 Å². The molecule has 2 aromatic rings. The van der Waals surface area contributed by atoms with Gasteiger partial charge < -0.3 is 10.6 Å². The van der Waals surface area contributed by atoms with Crippen molar-refractivity contribution in [2.24, 2.45) is 0 Å². The lowest BCUT2D eigenvalue weighted by atomic mass is 10.3. The van der Waals surface area contributed by atoms with Crippen LogP contribution in [0, 0.1) is 0 Å². The van der Waals surface area contributed by atoms with Gasteiger partial charge in [-0.3, -0.25) is 14.5 Å². The number of halogens is 1. The van der Waals surface area contributed by atoms with Crippen molar-refractivity contribution in [2.75, 3.05) is 37.8 Å². The number of carbonyl (C=O) groups excluding carboxylic acids is 2. The fraction of sp³-hybridized carbons (Fsp3) is 0.300. The van der Waals surface area contributed by atoms with E-state index in [4.69, 9.17) is 11.6 Å². The predicted octanol–water partition coefficient (Wildman–Crippen LogP) is 3.51. The minimum absolute atomic E-state index is 0.0819. The van der Waals surface area contributed by atoms with Crippen molar-refractivity contribution in [3.63, 3.8) is 0 Å². The molecule has 144 valence electrons. The van der Waals surface area contributed by atoms with Gasteiger partial charge in [-0.2, -0.15) is 0 Å². The van der Waals surface area contributed by atoms with Crippen molar-refractivity contribution >= 4 is 40.9 Å². The first-order chi connectivity index (χ1) is 13.0. The van der Waals surface area contributed by atoms with Crippen LogP contribution >= 0.6 is 23.4 Å². The summed E-state index contributed by atoms with van der Waals surface area (Å²) < 4.78 is 0. The number of likely N-dealkylation sites (N-methyl/N-ethyl adjacent to an activating group) is 1. The fourth-order valence-electron chi connectivity index (χ4n) is 2.34. The maximum Gasteiger partial charge on any atom is 0.238 e. The number of carbonyl (C=O) groups is 2. The Kier molecular flexibility index (Phi) is 9.18. The van der Waals surface area contributed by atoms with E-state index in [1.165, 1.54) is 4.90 Å². The topological polar surface area (TPSA) is 61.4 Å². The van der Waals surface area contributed by atoms with Gasteiger partial charge in [0.25, 0.3) is 0 Å².